The minimum atomic E-state index is -4.58. The summed E-state index contributed by atoms with van der Waals surface area (Å²) in [7, 11) is 0. The van der Waals surface area contributed by atoms with Gasteiger partial charge in [0.2, 0.25) is 0 Å². The molecule has 0 radical (unpaired) electrons. The lowest BCUT2D eigenvalue weighted by atomic mass is 10.1. The Morgan fingerprint density at radius 1 is 1.05 bits per heavy atom. The van der Waals surface area contributed by atoms with Crippen molar-refractivity contribution in [1.82, 2.24) is 20.0 Å². The molecule has 1 fully saturated rings. The number of halogens is 3. The number of carbonyl (C=O) groups is 1. The maximum atomic E-state index is 13.9. The summed E-state index contributed by atoms with van der Waals surface area (Å²) in [4.78, 5) is 18.7. The van der Waals surface area contributed by atoms with E-state index in [0.717, 1.165) is 17.2 Å². The highest BCUT2D eigenvalue weighted by atomic mass is 19.4. The molecule has 11 heteroatoms. The fraction of sp³-hybridized carbons (Fsp3) is 0.231. The van der Waals surface area contributed by atoms with E-state index in [1.54, 1.807) is 52.4 Å². The summed E-state index contributed by atoms with van der Waals surface area (Å²) >= 11 is 0. The van der Waals surface area contributed by atoms with E-state index in [2.05, 4.69) is 20.6 Å². The van der Waals surface area contributed by atoms with Crippen molar-refractivity contribution in [2.24, 2.45) is 0 Å². The van der Waals surface area contributed by atoms with Gasteiger partial charge in [-0.25, -0.2) is 4.68 Å². The second kappa shape index (κ2) is 10.0. The minimum absolute atomic E-state index is 0.0519. The Hall–Kier alpha value is -4.25. The second-order valence-electron chi connectivity index (χ2n) is 8.57. The maximum Gasteiger partial charge on any atom is 0.418 e. The molecule has 37 heavy (non-hydrogen) atoms. The normalized spacial score (nSPS) is 14.0. The molecule has 8 nitrogen and oxygen atoms in total. The lowest BCUT2D eigenvalue weighted by Crippen LogP contribution is -2.37. The average Bonchev–Trinajstić information content (AvgIpc) is 3.39. The number of carbonyl (C=O) groups excluding carboxylic acids is 1. The molecule has 1 saturated heterocycles. The molecule has 1 N–H and O–H groups in total. The zero-order valence-electron chi connectivity index (χ0n) is 19.9. The summed E-state index contributed by atoms with van der Waals surface area (Å²) in [6.07, 6.45) is 0.476. The third kappa shape index (κ3) is 5.31. The van der Waals surface area contributed by atoms with Gasteiger partial charge >= 0.3 is 6.18 Å². The average molecular weight is 509 g/mol. The Labute approximate surface area is 210 Å². The first kappa shape index (κ1) is 24.4. The number of benzene rings is 2. The van der Waals surface area contributed by atoms with Crippen LogP contribution in [0.25, 0.3) is 16.9 Å². The van der Waals surface area contributed by atoms with Crippen molar-refractivity contribution in [3.63, 3.8) is 0 Å². The van der Waals surface area contributed by atoms with E-state index in [1.165, 1.54) is 12.1 Å². The van der Waals surface area contributed by atoms with Crippen LogP contribution in [0.15, 0.2) is 67.1 Å². The summed E-state index contributed by atoms with van der Waals surface area (Å²) in [5.74, 6) is -0.541. The Morgan fingerprint density at radius 2 is 1.86 bits per heavy atom. The molecule has 0 unspecified atom stereocenters. The number of rotatable bonds is 5. The summed E-state index contributed by atoms with van der Waals surface area (Å²) in [5.41, 5.74) is 2.45. The lowest BCUT2D eigenvalue weighted by molar-refractivity contribution is -0.137. The molecule has 0 saturated carbocycles. The van der Waals surface area contributed by atoms with E-state index < -0.39 is 17.6 Å². The number of nitrogens with one attached hydrogen (secondary N) is 1. The Kier molecular flexibility index (Phi) is 6.62. The van der Waals surface area contributed by atoms with Crippen LogP contribution in [-0.2, 0) is 10.9 Å². The molecule has 2 aromatic carbocycles. The number of hydrogen-bond acceptors (Lipinski definition) is 6. The second-order valence-corrected chi connectivity index (χ2v) is 8.57. The van der Waals surface area contributed by atoms with Crippen LogP contribution in [0.3, 0.4) is 0 Å². The van der Waals surface area contributed by atoms with E-state index in [-0.39, 0.29) is 16.9 Å². The Morgan fingerprint density at radius 3 is 2.59 bits per heavy atom. The molecule has 0 bridgehead atoms. The van der Waals surface area contributed by atoms with Gasteiger partial charge in [-0.3, -0.25) is 9.78 Å². The molecule has 1 aliphatic rings. The molecule has 5 rings (SSSR count). The van der Waals surface area contributed by atoms with Crippen molar-refractivity contribution in [3.05, 3.63) is 83.8 Å². The van der Waals surface area contributed by atoms with Crippen LogP contribution in [0.4, 0.5) is 24.5 Å². The number of nitrogens with zero attached hydrogens (tertiary/aromatic N) is 5. The zero-order valence-corrected chi connectivity index (χ0v) is 19.9. The number of hydrogen-bond donors (Lipinski definition) is 1. The summed E-state index contributed by atoms with van der Waals surface area (Å²) in [6.45, 7) is 3.32. The molecule has 3 heterocycles. The SMILES string of the molecule is Cc1ccc(C(=O)Nc2ccc(N3CCOCC3)c(C(F)(F)F)c2)cc1-n1cc(-c2cccnc2)nn1. The molecule has 2 aromatic heterocycles. The van der Waals surface area contributed by atoms with E-state index >= 15 is 0 Å². The lowest BCUT2D eigenvalue weighted by Gasteiger charge is -2.31. The van der Waals surface area contributed by atoms with Gasteiger partial charge in [-0.1, -0.05) is 11.3 Å². The number of pyridine rings is 1. The Balaban J connectivity index is 1.40. The van der Waals surface area contributed by atoms with Crippen molar-refractivity contribution in [3.8, 4) is 16.9 Å². The van der Waals surface area contributed by atoms with Gasteiger partial charge in [0.05, 0.1) is 30.7 Å². The number of aryl methyl sites for hydroxylation is 1. The van der Waals surface area contributed by atoms with Gasteiger partial charge in [0.25, 0.3) is 5.91 Å². The van der Waals surface area contributed by atoms with Crippen LogP contribution in [-0.4, -0.2) is 52.2 Å². The number of alkyl halides is 3. The van der Waals surface area contributed by atoms with Gasteiger partial charge in [-0.05, 0) is 55.0 Å². The topological polar surface area (TPSA) is 85.2 Å². The summed E-state index contributed by atoms with van der Waals surface area (Å²) in [6, 6.07) is 12.5. The van der Waals surface area contributed by atoms with Crippen molar-refractivity contribution in [1.29, 1.82) is 0 Å². The molecular formula is C26H23F3N6O2. The standard InChI is InChI=1S/C26H23F3N6O2/c1-17-4-5-18(13-24(17)35-16-22(32-33-35)19-3-2-8-30-15-19)25(36)31-20-6-7-23(21(14-20)26(27,28)29)34-9-11-37-12-10-34/h2-8,13-16H,9-12H2,1H3,(H,31,36). The largest absolute Gasteiger partial charge is 0.418 e. The highest BCUT2D eigenvalue weighted by Crippen LogP contribution is 2.38. The quantitative estimate of drug-likeness (QED) is 0.419. The monoisotopic (exact) mass is 508 g/mol. The molecule has 1 aliphatic heterocycles. The fourth-order valence-corrected chi connectivity index (χ4v) is 4.15. The number of aromatic nitrogens is 4. The van der Waals surface area contributed by atoms with Crippen LogP contribution in [0, 0.1) is 6.92 Å². The van der Waals surface area contributed by atoms with Crippen LogP contribution in [0.5, 0.6) is 0 Å². The van der Waals surface area contributed by atoms with Crippen LogP contribution < -0.4 is 10.2 Å². The molecule has 0 spiro atoms. The van der Waals surface area contributed by atoms with E-state index in [4.69, 9.17) is 4.74 Å². The number of ether oxygens (including phenoxy) is 1. The fourth-order valence-electron chi connectivity index (χ4n) is 4.15. The van der Waals surface area contributed by atoms with Gasteiger partial charge < -0.3 is 15.0 Å². The van der Waals surface area contributed by atoms with Crippen molar-refractivity contribution in [2.75, 3.05) is 36.5 Å². The third-order valence-electron chi connectivity index (χ3n) is 6.08. The first-order chi connectivity index (χ1) is 17.8. The third-order valence-corrected chi connectivity index (χ3v) is 6.08. The van der Waals surface area contributed by atoms with Gasteiger partial charge in [-0.15, -0.1) is 5.10 Å². The van der Waals surface area contributed by atoms with Gasteiger partial charge in [-0.2, -0.15) is 13.2 Å². The van der Waals surface area contributed by atoms with Crippen molar-refractivity contribution >= 4 is 17.3 Å². The highest BCUT2D eigenvalue weighted by molar-refractivity contribution is 6.04. The molecule has 4 aromatic rings. The molecule has 0 aliphatic carbocycles. The predicted octanol–water partition coefficient (Wildman–Crippen LogP) is 4.75. The van der Waals surface area contributed by atoms with E-state index in [9.17, 15) is 18.0 Å². The first-order valence-corrected chi connectivity index (χ1v) is 11.6. The molecule has 190 valence electrons. The van der Waals surface area contributed by atoms with Gasteiger partial charge in [0.15, 0.2) is 0 Å². The van der Waals surface area contributed by atoms with Crippen LogP contribution in [0.2, 0.25) is 0 Å². The van der Waals surface area contributed by atoms with Crippen LogP contribution in [0.1, 0.15) is 21.5 Å². The van der Waals surface area contributed by atoms with Crippen molar-refractivity contribution < 1.29 is 22.7 Å². The molecule has 1 amide bonds. The Bertz CT molecular complexity index is 1420. The summed E-state index contributed by atoms with van der Waals surface area (Å²) < 4.78 is 48.4. The van der Waals surface area contributed by atoms with Gasteiger partial charge in [0, 0.05) is 48.0 Å². The van der Waals surface area contributed by atoms with E-state index in [0.29, 0.717) is 37.7 Å². The number of morpholine rings is 1. The van der Waals surface area contributed by atoms with Gasteiger partial charge in [0.1, 0.15) is 5.69 Å². The minimum Gasteiger partial charge on any atom is -0.378 e. The van der Waals surface area contributed by atoms with E-state index in [1.807, 2.05) is 13.0 Å². The molecular weight excluding hydrogens is 485 g/mol. The molecule has 0 atom stereocenters. The van der Waals surface area contributed by atoms with Crippen molar-refractivity contribution in [2.45, 2.75) is 13.1 Å². The number of anilines is 2. The maximum absolute atomic E-state index is 13.9. The van der Waals surface area contributed by atoms with Crippen LogP contribution >= 0.6 is 0 Å². The highest BCUT2D eigenvalue weighted by Gasteiger charge is 2.35. The first-order valence-electron chi connectivity index (χ1n) is 11.6. The predicted molar refractivity (Wildman–Crippen MR) is 132 cm³/mol. The summed E-state index contributed by atoms with van der Waals surface area (Å²) in [5, 5.41) is 10.9. The zero-order chi connectivity index (χ0) is 26.0. The smallest absolute Gasteiger partial charge is 0.378 e. The number of amides is 1.